The Labute approximate surface area is 66.6 Å². The molecule has 0 amide bonds. The molecule has 1 aliphatic rings. The van der Waals surface area contributed by atoms with Gasteiger partial charge in [0, 0.05) is 0 Å². The minimum atomic E-state index is -1.10. The van der Waals surface area contributed by atoms with Crippen LogP contribution in [-0.2, 0) is 4.74 Å². The standard InChI is InChI=1S/C5H9O4Se/c6-2-1-9-5(10)4(8)3(2)7/h2-8H,1H2. The summed E-state index contributed by atoms with van der Waals surface area (Å²) in [6.07, 6.45) is -3.09. The van der Waals surface area contributed by atoms with Gasteiger partial charge in [0.2, 0.25) is 0 Å². The van der Waals surface area contributed by atoms with Gasteiger partial charge in [-0.2, -0.15) is 0 Å². The molecule has 1 saturated heterocycles. The second kappa shape index (κ2) is 3.17. The molecule has 1 radical (unpaired) electrons. The van der Waals surface area contributed by atoms with E-state index in [9.17, 15) is 0 Å². The minimum absolute atomic E-state index is 0.0654. The molecule has 1 heterocycles. The molecule has 0 aliphatic carbocycles. The molecule has 10 heavy (non-hydrogen) atoms. The first kappa shape index (κ1) is 8.46. The summed E-state index contributed by atoms with van der Waals surface area (Å²) in [5.74, 6) is 0. The van der Waals surface area contributed by atoms with Crippen molar-refractivity contribution in [1.29, 1.82) is 0 Å². The third kappa shape index (κ3) is 1.50. The molecule has 4 unspecified atom stereocenters. The second-order valence-corrected chi connectivity index (χ2v) is 3.23. The SMILES string of the molecule is OC1COC([Se])C(O)C1O. The van der Waals surface area contributed by atoms with Crippen molar-refractivity contribution in [3.05, 3.63) is 0 Å². The zero-order chi connectivity index (χ0) is 7.72. The second-order valence-electron chi connectivity index (χ2n) is 2.25. The molecule has 1 rings (SSSR count). The first-order valence-electron chi connectivity index (χ1n) is 2.94. The van der Waals surface area contributed by atoms with Gasteiger partial charge in [-0.1, -0.05) is 0 Å². The van der Waals surface area contributed by atoms with Gasteiger partial charge in [0.05, 0.1) is 0 Å². The van der Waals surface area contributed by atoms with E-state index in [0.717, 1.165) is 0 Å². The fraction of sp³-hybridized carbons (Fsp3) is 1.00. The van der Waals surface area contributed by atoms with Crippen molar-refractivity contribution in [2.45, 2.75) is 23.3 Å². The average Bonchev–Trinajstić information content (AvgIpc) is 1.93. The third-order valence-electron chi connectivity index (χ3n) is 1.45. The molecule has 4 atom stereocenters. The van der Waals surface area contributed by atoms with Crippen molar-refractivity contribution in [3.63, 3.8) is 0 Å². The van der Waals surface area contributed by atoms with Gasteiger partial charge in [0.1, 0.15) is 0 Å². The van der Waals surface area contributed by atoms with Crippen LogP contribution < -0.4 is 0 Å². The Morgan fingerprint density at radius 2 is 1.80 bits per heavy atom. The van der Waals surface area contributed by atoms with Gasteiger partial charge in [-0.05, 0) is 0 Å². The van der Waals surface area contributed by atoms with Gasteiger partial charge in [-0.25, -0.2) is 0 Å². The van der Waals surface area contributed by atoms with Gasteiger partial charge in [0.25, 0.3) is 0 Å². The van der Waals surface area contributed by atoms with Crippen molar-refractivity contribution in [3.8, 4) is 0 Å². The Bertz CT molecular complexity index is 106. The van der Waals surface area contributed by atoms with E-state index < -0.39 is 23.3 Å². The van der Waals surface area contributed by atoms with E-state index in [4.69, 9.17) is 20.1 Å². The van der Waals surface area contributed by atoms with Crippen molar-refractivity contribution in [2.75, 3.05) is 6.61 Å². The summed E-state index contributed by atoms with van der Waals surface area (Å²) in [5.41, 5.74) is 0. The summed E-state index contributed by atoms with van der Waals surface area (Å²) in [4.78, 5) is 0. The maximum absolute atomic E-state index is 9.05. The molecular formula is C5H9O4Se. The first-order chi connectivity index (χ1) is 4.63. The summed E-state index contributed by atoms with van der Waals surface area (Å²) in [5, 5.41) is 26.5. The third-order valence-corrected chi connectivity index (χ3v) is 2.32. The van der Waals surface area contributed by atoms with E-state index in [2.05, 4.69) is 16.0 Å². The Balaban J connectivity index is 2.52. The fourth-order valence-corrected chi connectivity index (χ4v) is 1.28. The van der Waals surface area contributed by atoms with Gasteiger partial charge in [-0.3, -0.25) is 0 Å². The number of aliphatic hydroxyl groups is 3. The predicted octanol–water partition coefficient (Wildman–Crippen LogP) is -2.41. The van der Waals surface area contributed by atoms with Crippen LogP contribution in [0.5, 0.6) is 0 Å². The van der Waals surface area contributed by atoms with Crippen LogP contribution in [-0.4, -0.2) is 61.3 Å². The zero-order valence-corrected chi connectivity index (χ0v) is 6.89. The van der Waals surface area contributed by atoms with Crippen LogP contribution in [0.15, 0.2) is 0 Å². The quantitative estimate of drug-likeness (QED) is 0.391. The zero-order valence-electron chi connectivity index (χ0n) is 5.17. The van der Waals surface area contributed by atoms with E-state index >= 15 is 0 Å². The van der Waals surface area contributed by atoms with E-state index in [1.165, 1.54) is 0 Å². The Hall–Kier alpha value is 0.359. The van der Waals surface area contributed by atoms with Gasteiger partial charge in [-0.15, -0.1) is 0 Å². The monoisotopic (exact) mass is 213 g/mol. The van der Waals surface area contributed by atoms with Crippen LogP contribution in [0.25, 0.3) is 0 Å². The fourth-order valence-electron chi connectivity index (χ4n) is 0.779. The number of hydrogen-bond acceptors (Lipinski definition) is 4. The number of rotatable bonds is 0. The molecule has 59 valence electrons. The molecule has 1 aliphatic heterocycles. The molecule has 5 heteroatoms. The van der Waals surface area contributed by atoms with Crippen LogP contribution in [0, 0.1) is 0 Å². The predicted molar refractivity (Wildman–Crippen MR) is 33.5 cm³/mol. The van der Waals surface area contributed by atoms with E-state index in [1.807, 2.05) is 0 Å². The maximum atomic E-state index is 9.05. The van der Waals surface area contributed by atoms with Crippen molar-refractivity contribution >= 4 is 16.0 Å². The summed E-state index contributed by atoms with van der Waals surface area (Å²) >= 11 is 2.54. The normalized spacial score (nSPS) is 49.2. The summed E-state index contributed by atoms with van der Waals surface area (Å²) in [7, 11) is 0. The van der Waals surface area contributed by atoms with E-state index in [1.54, 1.807) is 0 Å². The van der Waals surface area contributed by atoms with Gasteiger partial charge in [0.15, 0.2) is 0 Å². The molecule has 3 N–H and O–H groups in total. The van der Waals surface area contributed by atoms with E-state index in [0.29, 0.717) is 0 Å². The molecule has 0 aromatic heterocycles. The van der Waals surface area contributed by atoms with Gasteiger partial charge >= 0.3 is 66.0 Å². The Morgan fingerprint density at radius 3 is 2.30 bits per heavy atom. The molecule has 0 bridgehead atoms. The molecule has 0 spiro atoms. The van der Waals surface area contributed by atoms with Crippen LogP contribution in [0.1, 0.15) is 0 Å². The molecule has 1 fully saturated rings. The summed E-state index contributed by atoms with van der Waals surface area (Å²) in [6, 6.07) is 0. The Kier molecular flexibility index (Phi) is 2.68. The number of aliphatic hydroxyl groups excluding tert-OH is 3. The van der Waals surface area contributed by atoms with Crippen molar-refractivity contribution < 1.29 is 20.1 Å². The molecule has 4 nitrogen and oxygen atoms in total. The van der Waals surface area contributed by atoms with Crippen LogP contribution in [0.3, 0.4) is 0 Å². The van der Waals surface area contributed by atoms with Crippen molar-refractivity contribution in [2.24, 2.45) is 0 Å². The average molecular weight is 212 g/mol. The van der Waals surface area contributed by atoms with E-state index in [-0.39, 0.29) is 6.61 Å². The molecule has 0 saturated carbocycles. The molecule has 0 aromatic rings. The van der Waals surface area contributed by atoms with Crippen LogP contribution in [0.4, 0.5) is 0 Å². The first-order valence-corrected chi connectivity index (χ1v) is 3.93. The molecular weight excluding hydrogens is 203 g/mol. The number of ether oxygens (including phenoxy) is 1. The Morgan fingerprint density at radius 1 is 1.20 bits per heavy atom. The van der Waals surface area contributed by atoms with Crippen LogP contribution in [0.2, 0.25) is 0 Å². The van der Waals surface area contributed by atoms with Crippen LogP contribution >= 0.6 is 0 Å². The van der Waals surface area contributed by atoms with Gasteiger partial charge < -0.3 is 0 Å². The van der Waals surface area contributed by atoms with Crippen molar-refractivity contribution in [1.82, 2.24) is 0 Å². The summed E-state index contributed by atoms with van der Waals surface area (Å²) in [6.45, 7) is 0.0654. The molecule has 0 aromatic carbocycles. The summed E-state index contributed by atoms with van der Waals surface area (Å²) < 4.78 is 4.86. The topological polar surface area (TPSA) is 69.9 Å². The number of hydrogen-bond donors (Lipinski definition) is 3.